The van der Waals surface area contributed by atoms with Gasteiger partial charge in [-0.1, -0.05) is 19.3 Å². The van der Waals surface area contributed by atoms with Crippen LogP contribution in [0.3, 0.4) is 0 Å². The summed E-state index contributed by atoms with van der Waals surface area (Å²) >= 11 is 0. The average molecular weight is 337 g/mol. The molecule has 2 spiro atoms. The smallest absolute Gasteiger partial charge is 0.308 e. The number of likely N-dealkylation sites (tertiary alicyclic amines) is 1. The highest BCUT2D eigenvalue weighted by Gasteiger charge is 2.50. The Morgan fingerprint density at radius 1 is 1.04 bits per heavy atom. The number of rotatable bonds is 3. The molecule has 5 nitrogen and oxygen atoms in total. The average Bonchev–Trinajstić information content (AvgIpc) is 3.16. The number of hydrogen-bond donors (Lipinski definition) is 1. The highest BCUT2D eigenvalue weighted by molar-refractivity contribution is 5.72. The van der Waals surface area contributed by atoms with Gasteiger partial charge >= 0.3 is 5.97 Å². The summed E-state index contributed by atoms with van der Waals surface area (Å²) in [6.07, 6.45) is 10.2. The fourth-order valence-electron chi connectivity index (χ4n) is 5.76. The molecule has 2 saturated heterocycles. The molecule has 0 aromatic heterocycles. The first-order valence-electron chi connectivity index (χ1n) is 9.84. The van der Waals surface area contributed by atoms with Gasteiger partial charge in [-0.2, -0.15) is 0 Å². The van der Waals surface area contributed by atoms with Crippen molar-refractivity contribution in [2.45, 2.75) is 63.6 Å². The molecule has 0 aromatic rings. The van der Waals surface area contributed by atoms with E-state index < -0.39 is 5.97 Å². The third kappa shape index (κ3) is 3.11. The second-order valence-electron chi connectivity index (χ2n) is 8.56. The highest BCUT2D eigenvalue weighted by atomic mass is 16.7. The van der Waals surface area contributed by atoms with Crippen LogP contribution in [-0.2, 0) is 14.3 Å². The molecule has 4 rings (SSSR count). The predicted molar refractivity (Wildman–Crippen MR) is 89.7 cm³/mol. The third-order valence-electron chi connectivity index (χ3n) is 7.06. The van der Waals surface area contributed by atoms with E-state index in [2.05, 4.69) is 4.90 Å². The molecule has 136 valence electrons. The Morgan fingerprint density at radius 3 is 2.33 bits per heavy atom. The lowest BCUT2D eigenvalue weighted by Crippen LogP contribution is -2.39. The van der Waals surface area contributed by atoms with Gasteiger partial charge < -0.3 is 19.5 Å². The van der Waals surface area contributed by atoms with Crippen molar-refractivity contribution in [3.63, 3.8) is 0 Å². The molecule has 4 aliphatic rings. The van der Waals surface area contributed by atoms with Gasteiger partial charge in [0.15, 0.2) is 5.79 Å². The normalized spacial score (nSPS) is 33.4. The fourth-order valence-corrected chi connectivity index (χ4v) is 5.76. The fraction of sp³-hybridized carbons (Fsp3) is 0.947. The van der Waals surface area contributed by atoms with Gasteiger partial charge in [0.2, 0.25) is 0 Å². The van der Waals surface area contributed by atoms with Gasteiger partial charge in [-0.05, 0) is 37.0 Å². The van der Waals surface area contributed by atoms with Gasteiger partial charge in [0.25, 0.3) is 0 Å². The van der Waals surface area contributed by atoms with E-state index in [0.29, 0.717) is 5.92 Å². The van der Waals surface area contributed by atoms with Crippen LogP contribution in [0.1, 0.15) is 57.8 Å². The predicted octanol–water partition coefficient (Wildman–Crippen LogP) is 2.89. The standard InChI is InChI=1S/C19H31NO4/c21-17(22)16-13-20(14-18(16)6-2-1-3-7-18)12-15-4-8-19(9-5-15)23-10-11-24-19/h15-16H,1-14H2,(H,21,22). The molecular formula is C19H31NO4. The maximum atomic E-state index is 11.8. The second kappa shape index (κ2) is 6.58. The molecule has 0 bridgehead atoms. The Hall–Kier alpha value is -0.650. The lowest BCUT2D eigenvalue weighted by Gasteiger charge is -2.38. The first kappa shape index (κ1) is 16.8. The number of carboxylic acids is 1. The monoisotopic (exact) mass is 337 g/mol. The van der Waals surface area contributed by atoms with Crippen LogP contribution in [-0.4, -0.2) is 54.6 Å². The van der Waals surface area contributed by atoms with Crippen LogP contribution < -0.4 is 0 Å². The summed E-state index contributed by atoms with van der Waals surface area (Å²) in [6.45, 7) is 4.28. The summed E-state index contributed by atoms with van der Waals surface area (Å²) in [7, 11) is 0. The first-order valence-corrected chi connectivity index (χ1v) is 9.84. The van der Waals surface area contributed by atoms with Crippen molar-refractivity contribution >= 4 is 5.97 Å². The molecular weight excluding hydrogens is 306 g/mol. The maximum Gasteiger partial charge on any atom is 0.308 e. The molecule has 0 radical (unpaired) electrons. The minimum atomic E-state index is -0.574. The van der Waals surface area contributed by atoms with Gasteiger partial charge in [-0.15, -0.1) is 0 Å². The lowest BCUT2D eigenvalue weighted by molar-refractivity contribution is -0.183. The van der Waals surface area contributed by atoms with Gasteiger partial charge in [0.1, 0.15) is 0 Å². The quantitative estimate of drug-likeness (QED) is 0.858. The number of carbonyl (C=O) groups is 1. The van der Waals surface area contributed by atoms with Crippen LogP contribution in [0.5, 0.6) is 0 Å². The number of ether oxygens (including phenoxy) is 2. The Morgan fingerprint density at radius 2 is 1.71 bits per heavy atom. The Kier molecular flexibility index (Phi) is 4.61. The molecule has 2 aliphatic carbocycles. The largest absolute Gasteiger partial charge is 0.481 e. The molecule has 0 aromatic carbocycles. The number of nitrogens with zero attached hydrogens (tertiary/aromatic N) is 1. The topological polar surface area (TPSA) is 59.0 Å². The summed E-state index contributed by atoms with van der Waals surface area (Å²) in [5.41, 5.74) is 0.0532. The molecule has 0 amide bonds. The van der Waals surface area contributed by atoms with E-state index in [9.17, 15) is 9.90 Å². The van der Waals surface area contributed by atoms with Gasteiger partial charge in [0.05, 0.1) is 19.1 Å². The van der Waals surface area contributed by atoms with Crippen molar-refractivity contribution in [3.05, 3.63) is 0 Å². The van der Waals surface area contributed by atoms with Crippen molar-refractivity contribution in [2.75, 3.05) is 32.8 Å². The zero-order valence-corrected chi connectivity index (χ0v) is 14.7. The Balaban J connectivity index is 1.35. The zero-order chi connectivity index (χ0) is 16.6. The summed E-state index contributed by atoms with van der Waals surface area (Å²) in [5, 5.41) is 9.73. The van der Waals surface area contributed by atoms with E-state index in [-0.39, 0.29) is 17.1 Å². The summed E-state index contributed by atoms with van der Waals surface area (Å²) in [5.74, 6) is -0.351. The molecule has 1 atom stereocenters. The van der Waals surface area contributed by atoms with E-state index in [0.717, 1.165) is 71.4 Å². The van der Waals surface area contributed by atoms with Crippen molar-refractivity contribution in [2.24, 2.45) is 17.3 Å². The van der Waals surface area contributed by atoms with Crippen LogP contribution in [0, 0.1) is 17.3 Å². The maximum absolute atomic E-state index is 11.8. The molecule has 2 aliphatic heterocycles. The van der Waals surface area contributed by atoms with Crippen LogP contribution in [0.25, 0.3) is 0 Å². The minimum Gasteiger partial charge on any atom is -0.481 e. The zero-order valence-electron chi connectivity index (χ0n) is 14.7. The van der Waals surface area contributed by atoms with Crippen LogP contribution in [0.15, 0.2) is 0 Å². The van der Waals surface area contributed by atoms with Gasteiger partial charge in [-0.3, -0.25) is 4.79 Å². The number of hydrogen-bond acceptors (Lipinski definition) is 4. The Labute approximate surface area is 144 Å². The first-order chi connectivity index (χ1) is 11.6. The van der Waals surface area contributed by atoms with Crippen LogP contribution >= 0.6 is 0 Å². The van der Waals surface area contributed by atoms with Crippen LogP contribution in [0.4, 0.5) is 0 Å². The van der Waals surface area contributed by atoms with Crippen molar-refractivity contribution in [1.29, 1.82) is 0 Å². The molecule has 1 N–H and O–H groups in total. The number of carboxylic acid groups (broad SMARTS) is 1. The van der Waals surface area contributed by atoms with E-state index in [1.54, 1.807) is 0 Å². The lowest BCUT2D eigenvalue weighted by atomic mass is 9.68. The van der Waals surface area contributed by atoms with E-state index in [1.807, 2.05) is 0 Å². The van der Waals surface area contributed by atoms with Crippen LogP contribution in [0.2, 0.25) is 0 Å². The molecule has 1 unspecified atom stereocenters. The summed E-state index contributed by atoms with van der Waals surface area (Å²) < 4.78 is 11.6. The Bertz CT molecular complexity index is 458. The second-order valence-corrected chi connectivity index (χ2v) is 8.56. The van der Waals surface area contributed by atoms with Gasteiger partial charge in [-0.25, -0.2) is 0 Å². The van der Waals surface area contributed by atoms with Crippen molar-refractivity contribution < 1.29 is 19.4 Å². The highest BCUT2D eigenvalue weighted by Crippen LogP contribution is 2.48. The minimum absolute atomic E-state index is 0.0532. The van der Waals surface area contributed by atoms with Crippen molar-refractivity contribution in [1.82, 2.24) is 4.90 Å². The summed E-state index contributed by atoms with van der Waals surface area (Å²) in [4.78, 5) is 14.3. The van der Waals surface area contributed by atoms with E-state index >= 15 is 0 Å². The van der Waals surface area contributed by atoms with Gasteiger partial charge in [0, 0.05) is 32.5 Å². The third-order valence-corrected chi connectivity index (χ3v) is 7.06. The molecule has 4 fully saturated rings. The van der Waals surface area contributed by atoms with E-state index in [1.165, 1.54) is 19.3 Å². The summed E-state index contributed by atoms with van der Waals surface area (Å²) in [6, 6.07) is 0. The number of aliphatic carboxylic acids is 1. The van der Waals surface area contributed by atoms with E-state index in [4.69, 9.17) is 9.47 Å². The van der Waals surface area contributed by atoms with Crippen molar-refractivity contribution in [3.8, 4) is 0 Å². The SMILES string of the molecule is O=C(O)C1CN(CC2CCC3(CC2)OCCO3)CC12CCCCC2. The molecule has 2 heterocycles. The molecule has 5 heteroatoms. The molecule has 2 saturated carbocycles. The molecule has 24 heavy (non-hydrogen) atoms.